The predicted molar refractivity (Wildman–Crippen MR) is 88.0 cm³/mol. The van der Waals surface area contributed by atoms with Gasteiger partial charge in [-0.15, -0.1) is 0 Å². The second kappa shape index (κ2) is 10.0. The highest BCUT2D eigenvalue weighted by molar-refractivity contribution is 5.87. The molecule has 134 valence electrons. The minimum Gasteiger partial charge on any atom is -0.444 e. The summed E-state index contributed by atoms with van der Waals surface area (Å²) in [5, 5.41) is 7.81. The molecule has 0 radical (unpaired) electrons. The normalized spacial score (nSPS) is 12.5. The van der Waals surface area contributed by atoms with Gasteiger partial charge in [-0.25, -0.2) is 4.79 Å². The molecule has 0 fully saturated rings. The number of carbonyl (C=O) groups is 3. The van der Waals surface area contributed by atoms with Crippen molar-refractivity contribution in [3.8, 4) is 0 Å². The van der Waals surface area contributed by atoms with Crippen molar-refractivity contribution in [2.24, 2.45) is 0 Å². The van der Waals surface area contributed by atoms with Gasteiger partial charge >= 0.3 is 6.09 Å². The fraction of sp³-hybridized carbons (Fsp3) is 0.800. The van der Waals surface area contributed by atoms with Crippen LogP contribution in [0.25, 0.3) is 0 Å². The molecule has 0 heterocycles. The Balaban J connectivity index is 3.92. The zero-order valence-electron chi connectivity index (χ0n) is 15.0. The molecule has 0 saturated heterocycles. The van der Waals surface area contributed by atoms with Gasteiger partial charge < -0.3 is 25.6 Å². The van der Waals surface area contributed by atoms with Gasteiger partial charge in [0, 0.05) is 26.1 Å². The average Bonchev–Trinajstić information content (AvgIpc) is 2.35. The first-order chi connectivity index (χ1) is 10.5. The summed E-state index contributed by atoms with van der Waals surface area (Å²) >= 11 is 0. The van der Waals surface area contributed by atoms with Gasteiger partial charge in [-0.05, 0) is 41.8 Å². The van der Waals surface area contributed by atoms with E-state index in [1.807, 2.05) is 19.0 Å². The quantitative estimate of drug-likeness (QED) is 0.585. The molecule has 3 N–H and O–H groups in total. The van der Waals surface area contributed by atoms with E-state index in [0.29, 0.717) is 6.54 Å². The SMILES string of the molecule is CC(NC(=O)CCNC(=O)OC(C)(C)C)C(=O)NCCN(C)C. The van der Waals surface area contributed by atoms with Gasteiger partial charge in [0.05, 0.1) is 0 Å². The monoisotopic (exact) mass is 330 g/mol. The molecular formula is C15H30N4O4. The zero-order chi connectivity index (χ0) is 18.0. The molecule has 0 rings (SSSR count). The summed E-state index contributed by atoms with van der Waals surface area (Å²) in [5.74, 6) is -0.545. The number of likely N-dealkylation sites (N-methyl/N-ethyl adjacent to an activating group) is 1. The van der Waals surface area contributed by atoms with E-state index in [1.54, 1.807) is 27.7 Å². The van der Waals surface area contributed by atoms with Crippen LogP contribution in [0, 0.1) is 0 Å². The highest BCUT2D eigenvalue weighted by Crippen LogP contribution is 2.06. The van der Waals surface area contributed by atoms with Crippen LogP contribution < -0.4 is 16.0 Å². The molecule has 0 aromatic rings. The van der Waals surface area contributed by atoms with Crippen molar-refractivity contribution in [3.63, 3.8) is 0 Å². The maximum Gasteiger partial charge on any atom is 0.407 e. The Morgan fingerprint density at radius 1 is 1.09 bits per heavy atom. The molecule has 1 atom stereocenters. The third-order valence-electron chi connectivity index (χ3n) is 2.65. The Kier molecular flexibility index (Phi) is 9.24. The number of hydrogen-bond acceptors (Lipinski definition) is 5. The van der Waals surface area contributed by atoms with Crippen molar-refractivity contribution >= 4 is 17.9 Å². The van der Waals surface area contributed by atoms with E-state index in [4.69, 9.17) is 4.74 Å². The van der Waals surface area contributed by atoms with Gasteiger partial charge in [0.25, 0.3) is 0 Å². The van der Waals surface area contributed by atoms with Crippen LogP contribution in [0.1, 0.15) is 34.1 Å². The van der Waals surface area contributed by atoms with E-state index in [0.717, 1.165) is 6.54 Å². The summed E-state index contributed by atoms with van der Waals surface area (Å²) in [6.07, 6.45) is -0.492. The third kappa shape index (κ3) is 12.4. The van der Waals surface area contributed by atoms with Crippen LogP contribution in [-0.2, 0) is 14.3 Å². The number of ether oxygens (including phenoxy) is 1. The van der Waals surface area contributed by atoms with Crippen molar-refractivity contribution in [1.29, 1.82) is 0 Å². The van der Waals surface area contributed by atoms with Crippen molar-refractivity contribution in [1.82, 2.24) is 20.9 Å². The molecule has 1 unspecified atom stereocenters. The third-order valence-corrected chi connectivity index (χ3v) is 2.65. The lowest BCUT2D eigenvalue weighted by Gasteiger charge is -2.19. The fourth-order valence-electron chi connectivity index (χ4n) is 1.53. The zero-order valence-corrected chi connectivity index (χ0v) is 15.0. The second-order valence-corrected chi connectivity index (χ2v) is 6.56. The predicted octanol–water partition coefficient (Wildman–Crippen LogP) is 0.0837. The lowest BCUT2D eigenvalue weighted by Crippen LogP contribution is -2.46. The number of nitrogens with zero attached hydrogens (tertiary/aromatic N) is 1. The first-order valence-corrected chi connectivity index (χ1v) is 7.70. The highest BCUT2D eigenvalue weighted by atomic mass is 16.6. The van der Waals surface area contributed by atoms with Gasteiger partial charge in [-0.1, -0.05) is 0 Å². The number of alkyl carbamates (subject to hydrolysis) is 1. The minimum atomic E-state index is -0.619. The number of hydrogen-bond donors (Lipinski definition) is 3. The van der Waals surface area contributed by atoms with Crippen LogP contribution in [0.3, 0.4) is 0 Å². The van der Waals surface area contributed by atoms with Gasteiger partial charge in [-0.2, -0.15) is 0 Å². The van der Waals surface area contributed by atoms with Crippen LogP contribution in [-0.4, -0.2) is 68.2 Å². The Hall–Kier alpha value is -1.83. The van der Waals surface area contributed by atoms with Crippen LogP contribution in [0.5, 0.6) is 0 Å². The molecule has 23 heavy (non-hydrogen) atoms. The van der Waals surface area contributed by atoms with E-state index in [2.05, 4.69) is 16.0 Å². The van der Waals surface area contributed by atoms with Crippen LogP contribution in [0.4, 0.5) is 4.79 Å². The average molecular weight is 330 g/mol. The number of carbonyl (C=O) groups excluding carboxylic acids is 3. The van der Waals surface area contributed by atoms with E-state index >= 15 is 0 Å². The molecule has 0 spiro atoms. The molecule has 0 aliphatic rings. The molecular weight excluding hydrogens is 300 g/mol. The van der Waals surface area contributed by atoms with E-state index in [1.165, 1.54) is 0 Å². The molecule has 8 nitrogen and oxygen atoms in total. The van der Waals surface area contributed by atoms with Gasteiger partial charge in [-0.3, -0.25) is 9.59 Å². The van der Waals surface area contributed by atoms with Gasteiger partial charge in [0.2, 0.25) is 11.8 Å². The van der Waals surface area contributed by atoms with Crippen molar-refractivity contribution in [3.05, 3.63) is 0 Å². The molecule has 3 amide bonds. The standard InChI is InChI=1S/C15H30N4O4/c1-11(13(21)16-9-10-19(5)6)18-12(20)7-8-17-14(22)23-15(2,3)4/h11H,7-10H2,1-6H3,(H,16,21)(H,17,22)(H,18,20). The first-order valence-electron chi connectivity index (χ1n) is 7.70. The summed E-state index contributed by atoms with van der Waals surface area (Å²) in [6, 6.07) is -0.619. The summed E-state index contributed by atoms with van der Waals surface area (Å²) in [7, 11) is 3.82. The summed E-state index contributed by atoms with van der Waals surface area (Å²) < 4.78 is 5.05. The Morgan fingerprint density at radius 2 is 1.70 bits per heavy atom. The smallest absolute Gasteiger partial charge is 0.407 e. The van der Waals surface area contributed by atoms with Crippen molar-refractivity contribution in [2.75, 3.05) is 33.7 Å². The molecule has 0 aromatic heterocycles. The molecule has 0 bridgehead atoms. The minimum absolute atomic E-state index is 0.0779. The number of rotatable bonds is 8. The van der Waals surface area contributed by atoms with Crippen molar-refractivity contribution < 1.29 is 19.1 Å². The summed E-state index contributed by atoms with van der Waals surface area (Å²) in [4.78, 5) is 36.8. The van der Waals surface area contributed by atoms with E-state index < -0.39 is 17.7 Å². The molecule has 0 aromatic carbocycles. The van der Waals surface area contributed by atoms with E-state index in [9.17, 15) is 14.4 Å². The number of amides is 3. The van der Waals surface area contributed by atoms with Gasteiger partial charge in [0.1, 0.15) is 11.6 Å². The lowest BCUT2D eigenvalue weighted by molar-refractivity contribution is -0.128. The van der Waals surface area contributed by atoms with Crippen molar-refractivity contribution in [2.45, 2.75) is 45.8 Å². The largest absolute Gasteiger partial charge is 0.444 e. The van der Waals surface area contributed by atoms with Crippen LogP contribution in [0.15, 0.2) is 0 Å². The van der Waals surface area contributed by atoms with Gasteiger partial charge in [0.15, 0.2) is 0 Å². The Morgan fingerprint density at radius 3 is 2.22 bits per heavy atom. The second-order valence-electron chi connectivity index (χ2n) is 6.56. The number of nitrogens with one attached hydrogen (secondary N) is 3. The Labute approximate surface area is 138 Å². The lowest BCUT2D eigenvalue weighted by atomic mass is 10.2. The van der Waals surface area contributed by atoms with E-state index in [-0.39, 0.29) is 24.8 Å². The summed E-state index contributed by atoms with van der Waals surface area (Å²) in [5.41, 5.74) is -0.578. The van der Waals surface area contributed by atoms with Crippen LogP contribution in [0.2, 0.25) is 0 Å². The van der Waals surface area contributed by atoms with Crippen LogP contribution >= 0.6 is 0 Å². The fourth-order valence-corrected chi connectivity index (χ4v) is 1.53. The molecule has 0 saturated carbocycles. The maximum absolute atomic E-state index is 11.8. The molecule has 0 aliphatic carbocycles. The highest BCUT2D eigenvalue weighted by Gasteiger charge is 2.17. The molecule has 0 aliphatic heterocycles. The molecule has 8 heteroatoms. The maximum atomic E-state index is 11.8. The first kappa shape index (κ1) is 21.2. The summed E-state index contributed by atoms with van der Waals surface area (Å²) in [6.45, 7) is 8.29. The Bertz CT molecular complexity index is 405. The topological polar surface area (TPSA) is 99.8 Å².